The van der Waals surface area contributed by atoms with Crippen molar-refractivity contribution in [2.45, 2.75) is 44.6 Å². The zero-order chi connectivity index (χ0) is 23.0. The van der Waals surface area contributed by atoms with E-state index in [0.29, 0.717) is 19.6 Å². The number of carbonyl (C=O) groups excluding carboxylic acids is 1. The van der Waals surface area contributed by atoms with Crippen LogP contribution in [0, 0.1) is 5.92 Å². The molecule has 8 heteroatoms. The van der Waals surface area contributed by atoms with Gasteiger partial charge in [-0.25, -0.2) is 8.78 Å². The van der Waals surface area contributed by atoms with Crippen LogP contribution < -0.4 is 4.90 Å². The number of piperazine rings is 1. The van der Waals surface area contributed by atoms with E-state index in [4.69, 9.17) is 0 Å². The van der Waals surface area contributed by atoms with Crippen molar-refractivity contribution in [1.29, 1.82) is 0 Å². The van der Waals surface area contributed by atoms with E-state index in [-0.39, 0.29) is 43.6 Å². The number of amides is 1. The molecule has 0 spiro atoms. The third-order valence-corrected chi connectivity index (χ3v) is 6.89. The fourth-order valence-electron chi connectivity index (χ4n) is 5.03. The van der Waals surface area contributed by atoms with Crippen molar-refractivity contribution >= 4 is 22.5 Å². The molecule has 1 aliphatic carbocycles. The van der Waals surface area contributed by atoms with Crippen LogP contribution in [0.3, 0.4) is 0 Å². The summed E-state index contributed by atoms with van der Waals surface area (Å²) >= 11 is 0. The molecule has 3 aromatic rings. The van der Waals surface area contributed by atoms with Gasteiger partial charge < -0.3 is 9.80 Å². The molecule has 1 saturated heterocycles. The van der Waals surface area contributed by atoms with E-state index in [0.717, 1.165) is 27.8 Å². The highest BCUT2D eigenvalue weighted by Gasteiger charge is 2.40. The summed E-state index contributed by atoms with van der Waals surface area (Å²) < 4.78 is 27.0. The van der Waals surface area contributed by atoms with Crippen LogP contribution in [0.2, 0.25) is 0 Å². The molecular weight excluding hydrogens is 424 g/mol. The summed E-state index contributed by atoms with van der Waals surface area (Å²) in [6, 6.07) is 11.9. The molecule has 1 aromatic carbocycles. The molecule has 3 heterocycles. The highest BCUT2D eigenvalue weighted by atomic mass is 19.3. The van der Waals surface area contributed by atoms with Crippen LogP contribution in [0.25, 0.3) is 22.0 Å². The molecule has 0 radical (unpaired) electrons. The summed E-state index contributed by atoms with van der Waals surface area (Å²) in [5.41, 5.74) is 1.81. The summed E-state index contributed by atoms with van der Waals surface area (Å²) in [7, 11) is 0. The Morgan fingerprint density at radius 1 is 1.03 bits per heavy atom. The summed E-state index contributed by atoms with van der Waals surface area (Å²) in [5, 5.41) is 11.0. The van der Waals surface area contributed by atoms with Gasteiger partial charge in [-0.2, -0.15) is 0 Å². The Kier molecular flexibility index (Phi) is 5.68. The molecule has 5 rings (SSSR count). The van der Waals surface area contributed by atoms with Crippen LogP contribution in [-0.4, -0.2) is 57.6 Å². The van der Waals surface area contributed by atoms with E-state index in [2.05, 4.69) is 20.1 Å². The molecule has 2 aliphatic rings. The molecule has 1 unspecified atom stereocenters. The van der Waals surface area contributed by atoms with Crippen LogP contribution in [-0.2, 0) is 4.79 Å². The number of benzene rings is 1. The van der Waals surface area contributed by atoms with E-state index in [9.17, 15) is 13.6 Å². The van der Waals surface area contributed by atoms with Gasteiger partial charge in [0.1, 0.15) is 5.69 Å². The average molecular weight is 452 g/mol. The average Bonchev–Trinajstić information content (AvgIpc) is 2.83. The first-order valence-corrected chi connectivity index (χ1v) is 11.5. The van der Waals surface area contributed by atoms with E-state index in [1.807, 2.05) is 54.4 Å². The van der Waals surface area contributed by atoms with Crippen LogP contribution in [0.15, 0.2) is 48.8 Å². The van der Waals surface area contributed by atoms with Gasteiger partial charge in [0.2, 0.25) is 11.8 Å². The van der Waals surface area contributed by atoms with Gasteiger partial charge in [-0.15, -0.1) is 10.2 Å². The van der Waals surface area contributed by atoms with Crippen LogP contribution >= 0.6 is 0 Å². The molecule has 6 nitrogen and oxygen atoms in total. The number of carbonyl (C=O) groups is 1. The number of alkyl halides is 2. The second-order valence-electron chi connectivity index (χ2n) is 9.12. The van der Waals surface area contributed by atoms with Gasteiger partial charge in [-0.3, -0.25) is 9.78 Å². The van der Waals surface area contributed by atoms with Gasteiger partial charge in [0.15, 0.2) is 5.82 Å². The Morgan fingerprint density at radius 3 is 2.52 bits per heavy atom. The fraction of sp³-hybridized carbons (Fsp3) is 0.440. The number of pyridine rings is 1. The van der Waals surface area contributed by atoms with Crippen molar-refractivity contribution in [1.82, 2.24) is 20.1 Å². The minimum atomic E-state index is -2.62. The molecule has 0 N–H and O–H groups in total. The zero-order valence-corrected chi connectivity index (χ0v) is 18.6. The second kappa shape index (κ2) is 8.65. The Balaban J connectivity index is 1.36. The molecule has 0 bridgehead atoms. The summed E-state index contributed by atoms with van der Waals surface area (Å²) in [5.74, 6) is -2.15. The molecule has 1 atom stereocenters. The Morgan fingerprint density at radius 2 is 1.79 bits per heavy atom. The lowest BCUT2D eigenvalue weighted by Crippen LogP contribution is -2.56. The number of halogens is 2. The monoisotopic (exact) mass is 451 g/mol. The highest BCUT2D eigenvalue weighted by Crippen LogP contribution is 2.37. The van der Waals surface area contributed by atoms with Crippen molar-refractivity contribution in [3.8, 4) is 11.3 Å². The number of hydrogen-bond donors (Lipinski definition) is 0. The van der Waals surface area contributed by atoms with Gasteiger partial charge in [-0.1, -0.05) is 30.3 Å². The first-order chi connectivity index (χ1) is 15.9. The Hall–Kier alpha value is -3.16. The molecule has 2 fully saturated rings. The predicted molar refractivity (Wildman–Crippen MR) is 123 cm³/mol. The van der Waals surface area contributed by atoms with Gasteiger partial charge in [0, 0.05) is 73.2 Å². The smallest absolute Gasteiger partial charge is 0.248 e. The molecule has 1 aliphatic heterocycles. The number of hydrogen-bond acceptors (Lipinski definition) is 5. The lowest BCUT2D eigenvalue weighted by atomic mass is 9.85. The molecule has 1 amide bonds. The van der Waals surface area contributed by atoms with E-state index >= 15 is 0 Å². The van der Waals surface area contributed by atoms with E-state index in [1.165, 1.54) is 0 Å². The maximum absolute atomic E-state index is 13.5. The number of aromatic nitrogens is 3. The third kappa shape index (κ3) is 4.26. The number of anilines is 1. The maximum Gasteiger partial charge on any atom is 0.248 e. The lowest BCUT2D eigenvalue weighted by Gasteiger charge is -2.42. The van der Waals surface area contributed by atoms with Crippen LogP contribution in [0.5, 0.6) is 0 Å². The van der Waals surface area contributed by atoms with Gasteiger partial charge in [0.05, 0.1) is 0 Å². The largest absolute Gasteiger partial charge is 0.351 e. The quantitative estimate of drug-likeness (QED) is 0.585. The standard InChI is InChI=1S/C25H27F2N5O/c1-17-16-31(13-14-32(17)24(33)19-7-10-25(26,27)11-8-19)23-21-15-28-12-9-20(21)22(29-30-23)18-5-3-2-4-6-18/h2-6,9,12,15,17,19H,7-8,10-11,13-14,16H2,1H3. The normalized spacial score (nSPS) is 21.4. The fourth-order valence-corrected chi connectivity index (χ4v) is 5.03. The van der Waals surface area contributed by atoms with E-state index in [1.54, 1.807) is 6.20 Å². The van der Waals surface area contributed by atoms with Gasteiger partial charge in [-0.05, 0) is 25.8 Å². The Bertz CT molecular complexity index is 1150. The zero-order valence-electron chi connectivity index (χ0n) is 18.6. The molecule has 1 saturated carbocycles. The maximum atomic E-state index is 13.5. The topological polar surface area (TPSA) is 62.2 Å². The summed E-state index contributed by atoms with van der Waals surface area (Å²) in [6.07, 6.45) is 3.71. The first-order valence-electron chi connectivity index (χ1n) is 11.5. The number of fused-ring (bicyclic) bond motifs is 1. The van der Waals surface area contributed by atoms with Gasteiger partial charge >= 0.3 is 0 Å². The van der Waals surface area contributed by atoms with Gasteiger partial charge in [0.25, 0.3) is 0 Å². The minimum absolute atomic E-state index is 0.00897. The second-order valence-corrected chi connectivity index (χ2v) is 9.12. The molecular formula is C25H27F2N5O. The minimum Gasteiger partial charge on any atom is -0.351 e. The summed E-state index contributed by atoms with van der Waals surface area (Å²) in [6.45, 7) is 3.77. The summed E-state index contributed by atoms with van der Waals surface area (Å²) in [4.78, 5) is 21.4. The Labute approximate surface area is 191 Å². The number of nitrogens with zero attached hydrogens (tertiary/aromatic N) is 5. The van der Waals surface area contributed by atoms with Crippen molar-refractivity contribution < 1.29 is 13.6 Å². The van der Waals surface area contributed by atoms with Crippen LogP contribution in [0.4, 0.5) is 14.6 Å². The van der Waals surface area contributed by atoms with Crippen LogP contribution in [0.1, 0.15) is 32.6 Å². The van der Waals surface area contributed by atoms with E-state index < -0.39 is 5.92 Å². The lowest BCUT2D eigenvalue weighted by molar-refractivity contribution is -0.142. The van der Waals surface area contributed by atoms with Crippen molar-refractivity contribution in [2.75, 3.05) is 24.5 Å². The van der Waals surface area contributed by atoms with Crippen molar-refractivity contribution in [3.63, 3.8) is 0 Å². The molecule has 2 aromatic heterocycles. The SMILES string of the molecule is CC1CN(c2nnc(-c3ccccc3)c3ccncc23)CCN1C(=O)C1CCC(F)(F)CC1. The third-order valence-electron chi connectivity index (χ3n) is 6.89. The molecule has 33 heavy (non-hydrogen) atoms. The van der Waals surface area contributed by atoms with Crippen molar-refractivity contribution in [2.24, 2.45) is 5.92 Å². The molecule has 172 valence electrons. The first kappa shape index (κ1) is 21.7. The van der Waals surface area contributed by atoms with Crippen molar-refractivity contribution in [3.05, 3.63) is 48.8 Å². The number of rotatable bonds is 3. The highest BCUT2D eigenvalue weighted by molar-refractivity contribution is 5.99. The predicted octanol–water partition coefficient (Wildman–Crippen LogP) is 4.55.